The summed E-state index contributed by atoms with van der Waals surface area (Å²) in [5.74, 6) is 0. The van der Waals surface area contributed by atoms with E-state index in [2.05, 4.69) is 17.4 Å². The molecule has 0 bridgehead atoms. The van der Waals surface area contributed by atoms with Crippen LogP contribution in [-0.4, -0.2) is 23.1 Å². The van der Waals surface area contributed by atoms with Gasteiger partial charge in [0.2, 0.25) is 0 Å². The van der Waals surface area contributed by atoms with Crippen molar-refractivity contribution in [3.8, 4) is 0 Å². The third kappa shape index (κ3) is 4.25. The number of hydrogen-bond donors (Lipinski definition) is 2. The van der Waals surface area contributed by atoms with E-state index in [1.165, 1.54) is 11.1 Å². The summed E-state index contributed by atoms with van der Waals surface area (Å²) in [5.41, 5.74) is 9.88. The number of carbonyl (C=O) groups is 1. The lowest BCUT2D eigenvalue weighted by Gasteiger charge is -2.32. The molecule has 1 aliphatic rings. The number of hydrogen-bond acceptors (Lipinski definition) is 5. The monoisotopic (exact) mass is 359 g/mol. The fourth-order valence-electron chi connectivity index (χ4n) is 2.93. The number of nitrogens with two attached hydrogens (primary N) is 1. The van der Waals surface area contributed by atoms with Crippen molar-refractivity contribution < 1.29 is 9.53 Å². The van der Waals surface area contributed by atoms with Gasteiger partial charge in [-0.25, -0.2) is 4.79 Å². The first-order chi connectivity index (χ1) is 11.8. The van der Waals surface area contributed by atoms with Crippen molar-refractivity contribution in [1.29, 1.82) is 0 Å². The van der Waals surface area contributed by atoms with Gasteiger partial charge in [-0.15, -0.1) is 11.3 Å². The zero-order valence-corrected chi connectivity index (χ0v) is 15.8. The number of carbonyl (C=O) groups excluding carboxylic acids is 1. The summed E-state index contributed by atoms with van der Waals surface area (Å²) in [5, 5.41) is 5.50. The van der Waals surface area contributed by atoms with Crippen LogP contribution >= 0.6 is 11.3 Å². The Hall–Kier alpha value is -2.21. The smallest absolute Gasteiger partial charge is 0.410 e. The molecule has 0 aliphatic carbocycles. The van der Waals surface area contributed by atoms with Crippen LogP contribution in [0.1, 0.15) is 36.8 Å². The number of nitrogens with one attached hydrogen (secondary N) is 1. The Morgan fingerprint density at radius 3 is 2.84 bits per heavy atom. The van der Waals surface area contributed by atoms with E-state index in [-0.39, 0.29) is 6.09 Å². The van der Waals surface area contributed by atoms with Crippen LogP contribution in [0.4, 0.5) is 16.2 Å². The van der Waals surface area contributed by atoms with Crippen LogP contribution in [0.15, 0.2) is 29.6 Å². The highest BCUT2D eigenvalue weighted by Crippen LogP contribution is 2.28. The lowest BCUT2D eigenvalue weighted by Crippen LogP contribution is -2.40. The first-order valence-corrected chi connectivity index (χ1v) is 9.36. The van der Waals surface area contributed by atoms with Crippen molar-refractivity contribution in [2.45, 2.75) is 45.9 Å². The molecule has 2 heterocycles. The van der Waals surface area contributed by atoms with E-state index in [0.717, 1.165) is 29.2 Å². The lowest BCUT2D eigenvalue weighted by molar-refractivity contribution is 0.0224. The molecule has 0 unspecified atom stereocenters. The Morgan fingerprint density at radius 1 is 1.36 bits per heavy atom. The molecule has 3 rings (SSSR count). The van der Waals surface area contributed by atoms with Gasteiger partial charge in [0, 0.05) is 29.3 Å². The van der Waals surface area contributed by atoms with Crippen molar-refractivity contribution in [1.82, 2.24) is 4.90 Å². The second-order valence-electron chi connectivity index (χ2n) is 7.25. The van der Waals surface area contributed by atoms with Crippen LogP contribution in [0, 0.1) is 0 Å². The molecule has 0 spiro atoms. The van der Waals surface area contributed by atoms with Crippen LogP contribution < -0.4 is 11.1 Å². The van der Waals surface area contributed by atoms with Crippen LogP contribution in [0.25, 0.3) is 0 Å². The summed E-state index contributed by atoms with van der Waals surface area (Å²) in [7, 11) is 0. The molecule has 3 N–H and O–H groups in total. The van der Waals surface area contributed by atoms with Gasteiger partial charge in [-0.3, -0.25) is 0 Å². The van der Waals surface area contributed by atoms with Crippen LogP contribution in [0.3, 0.4) is 0 Å². The number of ether oxygens (including phenoxy) is 1. The first kappa shape index (κ1) is 17.6. The average molecular weight is 359 g/mol. The van der Waals surface area contributed by atoms with E-state index < -0.39 is 5.60 Å². The van der Waals surface area contributed by atoms with Crippen LogP contribution in [0.2, 0.25) is 0 Å². The molecular formula is C19H25N3O2S. The zero-order chi connectivity index (χ0) is 18.0. The van der Waals surface area contributed by atoms with Crippen molar-refractivity contribution >= 4 is 28.8 Å². The highest BCUT2D eigenvalue weighted by Gasteiger charge is 2.26. The maximum absolute atomic E-state index is 12.3. The molecule has 0 radical (unpaired) electrons. The fourth-order valence-corrected chi connectivity index (χ4v) is 3.67. The van der Waals surface area contributed by atoms with Gasteiger partial charge in [-0.2, -0.15) is 0 Å². The minimum absolute atomic E-state index is 0.247. The van der Waals surface area contributed by atoms with Crippen molar-refractivity contribution in [3.05, 3.63) is 45.6 Å². The molecule has 2 aromatic rings. The summed E-state index contributed by atoms with van der Waals surface area (Å²) >= 11 is 1.66. The molecular weight excluding hydrogens is 334 g/mol. The second-order valence-corrected chi connectivity index (χ2v) is 8.25. The van der Waals surface area contributed by atoms with E-state index >= 15 is 0 Å². The highest BCUT2D eigenvalue weighted by atomic mass is 32.1. The van der Waals surface area contributed by atoms with Crippen LogP contribution in [0.5, 0.6) is 0 Å². The third-order valence-electron chi connectivity index (χ3n) is 4.14. The minimum atomic E-state index is -0.471. The number of anilines is 2. The number of amides is 1. The molecule has 1 aliphatic heterocycles. The fraction of sp³-hybridized carbons (Fsp3) is 0.421. The molecule has 1 aromatic heterocycles. The standard InChI is InChI=1S/C19H25N3O2S/c1-19(2,3)24-18(23)22-9-7-14-13(12-22)5-4-6-16(14)21-11-17-15(20)8-10-25-17/h4-6,8,10,21H,7,9,11-12,20H2,1-3H3. The highest BCUT2D eigenvalue weighted by molar-refractivity contribution is 7.10. The molecule has 0 saturated carbocycles. The number of fused-ring (bicyclic) bond motifs is 1. The lowest BCUT2D eigenvalue weighted by atomic mass is 9.98. The molecule has 5 nitrogen and oxygen atoms in total. The Labute approximate surface area is 152 Å². The minimum Gasteiger partial charge on any atom is -0.444 e. The molecule has 134 valence electrons. The normalized spacial score (nSPS) is 14.1. The van der Waals surface area contributed by atoms with Crippen molar-refractivity contribution in [2.24, 2.45) is 0 Å². The van der Waals surface area contributed by atoms with E-state index in [4.69, 9.17) is 10.5 Å². The Balaban J connectivity index is 1.70. The maximum Gasteiger partial charge on any atom is 0.410 e. The summed E-state index contributed by atoms with van der Waals surface area (Å²) in [6, 6.07) is 8.13. The van der Waals surface area contributed by atoms with E-state index in [0.29, 0.717) is 13.1 Å². The molecule has 1 aromatic carbocycles. The first-order valence-electron chi connectivity index (χ1n) is 8.48. The number of rotatable bonds is 3. The number of thiophene rings is 1. The number of nitrogens with zero attached hydrogens (tertiary/aromatic N) is 1. The average Bonchev–Trinajstić information content (AvgIpc) is 2.96. The van der Waals surface area contributed by atoms with E-state index in [1.54, 1.807) is 16.2 Å². The summed E-state index contributed by atoms with van der Waals surface area (Å²) < 4.78 is 5.49. The van der Waals surface area contributed by atoms with Gasteiger partial charge in [0.1, 0.15) is 5.60 Å². The van der Waals surface area contributed by atoms with Gasteiger partial charge >= 0.3 is 6.09 Å². The zero-order valence-electron chi connectivity index (χ0n) is 15.0. The van der Waals surface area contributed by atoms with Crippen molar-refractivity contribution in [2.75, 3.05) is 17.6 Å². The predicted molar refractivity (Wildman–Crippen MR) is 103 cm³/mol. The quantitative estimate of drug-likeness (QED) is 0.860. The SMILES string of the molecule is CC(C)(C)OC(=O)N1CCc2c(cccc2NCc2sccc2N)C1. The maximum atomic E-state index is 12.3. The van der Waals surface area contributed by atoms with Crippen molar-refractivity contribution in [3.63, 3.8) is 0 Å². The summed E-state index contributed by atoms with van der Waals surface area (Å²) in [6.45, 7) is 7.64. The van der Waals surface area contributed by atoms with Gasteiger partial charge in [-0.1, -0.05) is 12.1 Å². The molecule has 25 heavy (non-hydrogen) atoms. The topological polar surface area (TPSA) is 67.6 Å². The van der Waals surface area contributed by atoms with Gasteiger partial charge in [0.25, 0.3) is 0 Å². The van der Waals surface area contributed by atoms with E-state index in [9.17, 15) is 4.79 Å². The summed E-state index contributed by atoms with van der Waals surface area (Å²) in [6.07, 6.45) is 0.570. The van der Waals surface area contributed by atoms with E-state index in [1.807, 2.05) is 38.3 Å². The number of benzene rings is 1. The molecule has 1 amide bonds. The Kier molecular flexibility index (Phi) is 4.90. The van der Waals surface area contributed by atoms with Gasteiger partial charge < -0.3 is 20.7 Å². The molecule has 0 fully saturated rings. The Bertz CT molecular complexity index is 764. The van der Waals surface area contributed by atoms with Crippen LogP contribution in [-0.2, 0) is 24.2 Å². The van der Waals surface area contributed by atoms with Gasteiger partial charge in [-0.05, 0) is 55.8 Å². The Morgan fingerprint density at radius 2 is 2.16 bits per heavy atom. The number of nitrogen functional groups attached to an aromatic ring is 1. The largest absolute Gasteiger partial charge is 0.444 e. The molecule has 0 atom stereocenters. The summed E-state index contributed by atoms with van der Waals surface area (Å²) in [4.78, 5) is 15.2. The van der Waals surface area contributed by atoms with Gasteiger partial charge in [0.05, 0.1) is 6.54 Å². The third-order valence-corrected chi connectivity index (χ3v) is 5.07. The molecule has 6 heteroatoms. The predicted octanol–water partition coefficient (Wildman–Crippen LogP) is 4.24. The van der Waals surface area contributed by atoms with Gasteiger partial charge in [0.15, 0.2) is 0 Å². The molecule has 0 saturated heterocycles. The second kappa shape index (κ2) is 6.96.